The minimum Gasteiger partial charge on any atom is -0.336 e. The monoisotopic (exact) mass is 422 g/mol. The fourth-order valence-corrected chi connectivity index (χ4v) is 6.04. The molecule has 1 aliphatic heterocycles. The highest BCUT2D eigenvalue weighted by molar-refractivity contribution is 7.91. The molecule has 11 heteroatoms. The predicted molar refractivity (Wildman–Crippen MR) is 96.9 cm³/mol. The van der Waals surface area contributed by atoms with E-state index < -0.39 is 10.0 Å². The van der Waals surface area contributed by atoms with Gasteiger partial charge in [0.2, 0.25) is 0 Å². The Balaban J connectivity index is 1.72. The van der Waals surface area contributed by atoms with Crippen molar-refractivity contribution in [2.45, 2.75) is 11.1 Å². The first-order chi connectivity index (χ1) is 11.7. The summed E-state index contributed by atoms with van der Waals surface area (Å²) in [6, 6.07) is 3.06. The van der Waals surface area contributed by atoms with E-state index in [9.17, 15) is 13.2 Å². The lowest BCUT2D eigenvalue weighted by Gasteiger charge is -2.33. The molecule has 1 aliphatic rings. The van der Waals surface area contributed by atoms with Gasteiger partial charge in [0.25, 0.3) is 15.9 Å². The van der Waals surface area contributed by atoms with Gasteiger partial charge in [-0.25, -0.2) is 8.42 Å². The summed E-state index contributed by atoms with van der Waals surface area (Å²) in [6.45, 7) is 2.76. The molecular weight excluding hydrogens is 407 g/mol. The molecule has 3 heterocycles. The molecule has 0 saturated carbocycles. The quantitative estimate of drug-likeness (QED) is 0.759. The van der Waals surface area contributed by atoms with E-state index in [1.165, 1.54) is 15.1 Å². The second-order valence-electron chi connectivity index (χ2n) is 5.63. The number of thiophene rings is 1. The van der Waals surface area contributed by atoms with Gasteiger partial charge in [-0.3, -0.25) is 9.48 Å². The number of hydrogen-bond acceptors (Lipinski definition) is 5. The van der Waals surface area contributed by atoms with Crippen molar-refractivity contribution in [3.05, 3.63) is 32.9 Å². The molecule has 0 aromatic carbocycles. The Kier molecular flexibility index (Phi) is 5.13. The molecule has 2 aromatic heterocycles. The molecule has 0 bridgehead atoms. The SMILES string of the molecule is Cc1nn(C)c(Cl)c1C(=O)N1CCN(S(=O)(=O)c2ccc(Cl)s2)CC1. The smallest absolute Gasteiger partial charge is 0.258 e. The summed E-state index contributed by atoms with van der Waals surface area (Å²) >= 11 is 13.0. The first-order valence-electron chi connectivity index (χ1n) is 7.45. The lowest BCUT2D eigenvalue weighted by Crippen LogP contribution is -2.50. The first-order valence-corrected chi connectivity index (χ1v) is 10.5. The summed E-state index contributed by atoms with van der Waals surface area (Å²) in [5, 5.41) is 4.43. The molecule has 136 valence electrons. The zero-order valence-electron chi connectivity index (χ0n) is 13.6. The highest BCUT2D eigenvalue weighted by Crippen LogP contribution is 2.29. The van der Waals surface area contributed by atoms with E-state index in [1.807, 2.05) is 0 Å². The molecule has 2 aromatic rings. The van der Waals surface area contributed by atoms with Crippen LogP contribution in [0.25, 0.3) is 0 Å². The van der Waals surface area contributed by atoms with Crippen LogP contribution in [-0.4, -0.2) is 59.5 Å². The largest absolute Gasteiger partial charge is 0.336 e. The second-order valence-corrected chi connectivity index (χ2v) is 9.87. The number of aromatic nitrogens is 2. The van der Waals surface area contributed by atoms with Crippen LogP contribution >= 0.6 is 34.5 Å². The summed E-state index contributed by atoms with van der Waals surface area (Å²) < 4.78 is 28.7. The zero-order valence-corrected chi connectivity index (χ0v) is 16.7. The van der Waals surface area contributed by atoms with Gasteiger partial charge in [0.1, 0.15) is 9.36 Å². The van der Waals surface area contributed by atoms with E-state index in [0.29, 0.717) is 28.7 Å². The molecular formula is C14H16Cl2N4O3S2. The molecule has 0 spiro atoms. The Hall–Kier alpha value is -1.13. The van der Waals surface area contributed by atoms with Crippen molar-refractivity contribution >= 4 is 50.5 Å². The number of hydrogen-bond donors (Lipinski definition) is 0. The number of piperazine rings is 1. The fraction of sp³-hybridized carbons (Fsp3) is 0.429. The zero-order chi connectivity index (χ0) is 18.4. The van der Waals surface area contributed by atoms with Crippen molar-refractivity contribution in [3.63, 3.8) is 0 Å². The van der Waals surface area contributed by atoms with Gasteiger partial charge in [-0.05, 0) is 19.1 Å². The Morgan fingerprint density at radius 3 is 2.32 bits per heavy atom. The Bertz CT molecular complexity index is 915. The van der Waals surface area contributed by atoms with Crippen LogP contribution in [-0.2, 0) is 17.1 Å². The van der Waals surface area contributed by atoms with E-state index in [-0.39, 0.29) is 28.4 Å². The Morgan fingerprint density at radius 1 is 1.20 bits per heavy atom. The highest BCUT2D eigenvalue weighted by atomic mass is 35.5. The molecule has 3 rings (SSSR count). The van der Waals surface area contributed by atoms with Gasteiger partial charge in [0, 0.05) is 33.2 Å². The van der Waals surface area contributed by atoms with Gasteiger partial charge in [-0.2, -0.15) is 9.40 Å². The van der Waals surface area contributed by atoms with Crippen LogP contribution < -0.4 is 0 Å². The third-order valence-electron chi connectivity index (χ3n) is 4.03. The van der Waals surface area contributed by atoms with Gasteiger partial charge in [-0.1, -0.05) is 23.2 Å². The van der Waals surface area contributed by atoms with E-state index >= 15 is 0 Å². The third-order valence-corrected chi connectivity index (χ3v) is 8.07. The van der Waals surface area contributed by atoms with Crippen LogP contribution in [0.2, 0.25) is 9.49 Å². The molecule has 0 aliphatic carbocycles. The summed E-state index contributed by atoms with van der Waals surface area (Å²) in [6.07, 6.45) is 0. The molecule has 0 N–H and O–H groups in total. The lowest BCUT2D eigenvalue weighted by molar-refractivity contribution is 0.0697. The molecule has 0 unspecified atom stereocenters. The van der Waals surface area contributed by atoms with Gasteiger partial charge < -0.3 is 4.90 Å². The maximum atomic E-state index is 12.7. The number of rotatable bonds is 3. The number of halogens is 2. The molecule has 7 nitrogen and oxygen atoms in total. The summed E-state index contributed by atoms with van der Waals surface area (Å²) in [4.78, 5) is 14.3. The molecule has 25 heavy (non-hydrogen) atoms. The number of sulfonamides is 1. The van der Waals surface area contributed by atoms with Gasteiger partial charge >= 0.3 is 0 Å². The number of aryl methyl sites for hydroxylation is 2. The van der Waals surface area contributed by atoms with E-state index in [1.54, 1.807) is 24.9 Å². The van der Waals surface area contributed by atoms with Crippen molar-refractivity contribution in [1.29, 1.82) is 0 Å². The van der Waals surface area contributed by atoms with Crippen LogP contribution in [0.3, 0.4) is 0 Å². The molecule has 0 radical (unpaired) electrons. The molecule has 1 saturated heterocycles. The predicted octanol–water partition coefficient (Wildman–Crippen LogP) is 2.24. The first kappa shape index (κ1) is 18.7. The fourth-order valence-electron chi connectivity index (χ4n) is 2.73. The van der Waals surface area contributed by atoms with Crippen molar-refractivity contribution in [1.82, 2.24) is 19.0 Å². The van der Waals surface area contributed by atoms with Crippen LogP contribution in [0.1, 0.15) is 16.1 Å². The number of carbonyl (C=O) groups is 1. The summed E-state index contributed by atoms with van der Waals surface area (Å²) in [7, 11) is -1.91. The lowest BCUT2D eigenvalue weighted by atomic mass is 10.2. The molecule has 0 atom stereocenters. The van der Waals surface area contributed by atoms with E-state index in [4.69, 9.17) is 23.2 Å². The second kappa shape index (κ2) is 6.88. The molecule has 1 fully saturated rings. The Morgan fingerprint density at radius 2 is 1.84 bits per heavy atom. The van der Waals surface area contributed by atoms with E-state index in [0.717, 1.165) is 11.3 Å². The standard InChI is InChI=1S/C14H16Cl2N4O3S2/c1-9-12(13(16)18(2)17-9)14(21)19-5-7-20(8-6-19)25(22,23)11-4-3-10(15)24-11/h3-4H,5-8H2,1-2H3. The number of nitrogens with zero attached hydrogens (tertiary/aromatic N) is 4. The minimum atomic E-state index is -3.58. The topological polar surface area (TPSA) is 75.5 Å². The number of carbonyl (C=O) groups excluding carboxylic acids is 1. The van der Waals surface area contributed by atoms with Crippen molar-refractivity contribution < 1.29 is 13.2 Å². The van der Waals surface area contributed by atoms with Crippen LogP contribution in [0.15, 0.2) is 16.3 Å². The summed E-state index contributed by atoms with van der Waals surface area (Å²) in [5.41, 5.74) is 0.922. The maximum absolute atomic E-state index is 12.7. The van der Waals surface area contributed by atoms with Crippen molar-refractivity contribution in [2.75, 3.05) is 26.2 Å². The van der Waals surface area contributed by atoms with Crippen LogP contribution in [0.5, 0.6) is 0 Å². The Labute approximate surface area is 159 Å². The minimum absolute atomic E-state index is 0.212. The highest BCUT2D eigenvalue weighted by Gasteiger charge is 2.33. The average molecular weight is 423 g/mol. The average Bonchev–Trinajstić information content (AvgIpc) is 3.11. The van der Waals surface area contributed by atoms with E-state index in [2.05, 4.69) is 5.10 Å². The van der Waals surface area contributed by atoms with Gasteiger partial charge in [0.15, 0.2) is 0 Å². The van der Waals surface area contributed by atoms with Crippen LogP contribution in [0, 0.1) is 6.92 Å². The summed E-state index contributed by atoms with van der Waals surface area (Å²) in [5.74, 6) is -0.230. The normalized spacial score (nSPS) is 16.4. The van der Waals surface area contributed by atoms with Crippen molar-refractivity contribution in [2.24, 2.45) is 7.05 Å². The van der Waals surface area contributed by atoms with Crippen LogP contribution in [0.4, 0.5) is 0 Å². The maximum Gasteiger partial charge on any atom is 0.258 e. The van der Waals surface area contributed by atoms with Gasteiger partial charge in [-0.15, -0.1) is 11.3 Å². The van der Waals surface area contributed by atoms with Gasteiger partial charge in [0.05, 0.1) is 15.6 Å². The van der Waals surface area contributed by atoms with Crippen molar-refractivity contribution in [3.8, 4) is 0 Å². The third kappa shape index (κ3) is 3.43. The number of amides is 1. The molecule has 1 amide bonds.